The Hall–Kier alpha value is -1.88. The van der Waals surface area contributed by atoms with Crippen molar-refractivity contribution in [2.24, 2.45) is 0 Å². The Morgan fingerprint density at radius 3 is 2.68 bits per heavy atom. The van der Waals surface area contributed by atoms with Gasteiger partial charge < -0.3 is 11.1 Å². The van der Waals surface area contributed by atoms with Crippen molar-refractivity contribution < 1.29 is 9.18 Å². The molecular formula is C14H12BrFN2O. The topological polar surface area (TPSA) is 55.1 Å². The number of anilines is 1. The fourth-order valence-corrected chi connectivity index (χ4v) is 2.03. The van der Waals surface area contributed by atoms with E-state index in [1.165, 1.54) is 18.2 Å². The third-order valence-electron chi connectivity index (χ3n) is 2.66. The Morgan fingerprint density at radius 1 is 1.26 bits per heavy atom. The van der Waals surface area contributed by atoms with Crippen LogP contribution in [-0.4, -0.2) is 5.91 Å². The normalized spacial score (nSPS) is 10.2. The Labute approximate surface area is 118 Å². The van der Waals surface area contributed by atoms with Gasteiger partial charge >= 0.3 is 0 Å². The molecule has 0 aliphatic carbocycles. The highest BCUT2D eigenvalue weighted by Crippen LogP contribution is 2.16. The van der Waals surface area contributed by atoms with Crippen molar-refractivity contribution in [3.05, 3.63) is 63.9 Å². The molecule has 0 atom stereocenters. The number of nitrogens with two attached hydrogens (primary N) is 1. The first-order chi connectivity index (χ1) is 9.08. The molecule has 3 N–H and O–H groups in total. The third-order valence-corrected chi connectivity index (χ3v) is 3.43. The van der Waals surface area contributed by atoms with Gasteiger partial charge in [0.05, 0.1) is 5.69 Å². The molecule has 2 aromatic carbocycles. The van der Waals surface area contributed by atoms with Gasteiger partial charge in [-0.3, -0.25) is 4.79 Å². The second-order valence-electron chi connectivity index (χ2n) is 4.01. The van der Waals surface area contributed by atoms with Gasteiger partial charge in [-0.1, -0.05) is 34.1 Å². The van der Waals surface area contributed by atoms with E-state index in [0.717, 1.165) is 10.0 Å². The van der Waals surface area contributed by atoms with Gasteiger partial charge in [0.2, 0.25) is 0 Å². The minimum absolute atomic E-state index is 0.0338. The number of halogens is 2. The smallest absolute Gasteiger partial charge is 0.251 e. The van der Waals surface area contributed by atoms with E-state index < -0.39 is 5.82 Å². The van der Waals surface area contributed by atoms with Crippen LogP contribution >= 0.6 is 15.9 Å². The molecule has 19 heavy (non-hydrogen) atoms. The van der Waals surface area contributed by atoms with Gasteiger partial charge in [0.1, 0.15) is 5.82 Å². The molecule has 0 heterocycles. The number of carbonyl (C=O) groups is 1. The predicted molar refractivity (Wildman–Crippen MR) is 76.1 cm³/mol. The number of benzene rings is 2. The van der Waals surface area contributed by atoms with E-state index in [-0.39, 0.29) is 11.6 Å². The zero-order chi connectivity index (χ0) is 13.8. The molecule has 0 unspecified atom stereocenters. The van der Waals surface area contributed by atoms with Crippen LogP contribution in [0.3, 0.4) is 0 Å². The lowest BCUT2D eigenvalue weighted by Gasteiger charge is -2.07. The molecule has 98 valence electrons. The fourth-order valence-electron chi connectivity index (χ4n) is 1.60. The average molecular weight is 323 g/mol. The van der Waals surface area contributed by atoms with Gasteiger partial charge in [-0.15, -0.1) is 0 Å². The molecule has 0 radical (unpaired) electrons. The standard InChI is InChI=1S/C14H12BrFN2O/c15-11-4-2-1-3-10(11)8-18-14(19)9-5-6-12(16)13(17)7-9/h1-7H,8,17H2,(H,18,19). The number of carbonyl (C=O) groups excluding carboxylic acids is 1. The summed E-state index contributed by atoms with van der Waals surface area (Å²) in [6, 6.07) is 11.5. The van der Waals surface area contributed by atoms with Gasteiger partial charge in [0, 0.05) is 16.6 Å². The minimum atomic E-state index is -0.526. The Kier molecular flexibility index (Phi) is 4.16. The number of amides is 1. The summed E-state index contributed by atoms with van der Waals surface area (Å²) in [6.45, 7) is 0.386. The van der Waals surface area contributed by atoms with E-state index >= 15 is 0 Å². The highest BCUT2D eigenvalue weighted by atomic mass is 79.9. The maximum absolute atomic E-state index is 13.0. The lowest BCUT2D eigenvalue weighted by molar-refractivity contribution is 0.0951. The van der Waals surface area contributed by atoms with Gasteiger partial charge in [0.25, 0.3) is 5.91 Å². The highest BCUT2D eigenvalue weighted by Gasteiger charge is 2.08. The number of hydrogen-bond donors (Lipinski definition) is 2. The monoisotopic (exact) mass is 322 g/mol. The summed E-state index contributed by atoms with van der Waals surface area (Å²) in [4.78, 5) is 11.9. The molecule has 0 spiro atoms. The molecule has 1 amide bonds. The molecule has 0 bridgehead atoms. The van der Waals surface area contributed by atoms with Crippen LogP contribution in [0.4, 0.5) is 10.1 Å². The molecule has 0 aromatic heterocycles. The molecule has 5 heteroatoms. The minimum Gasteiger partial charge on any atom is -0.396 e. The van der Waals surface area contributed by atoms with Crippen molar-refractivity contribution >= 4 is 27.5 Å². The quantitative estimate of drug-likeness (QED) is 0.853. The van der Waals surface area contributed by atoms with Crippen molar-refractivity contribution in [1.82, 2.24) is 5.32 Å². The first kappa shape index (κ1) is 13.5. The summed E-state index contributed by atoms with van der Waals surface area (Å²) in [5, 5.41) is 2.76. The van der Waals surface area contributed by atoms with Gasteiger partial charge in [0.15, 0.2) is 0 Å². The summed E-state index contributed by atoms with van der Waals surface area (Å²) >= 11 is 3.40. The van der Waals surface area contributed by atoms with E-state index in [1.807, 2.05) is 24.3 Å². The number of hydrogen-bond acceptors (Lipinski definition) is 2. The van der Waals surface area contributed by atoms with Crippen molar-refractivity contribution in [1.29, 1.82) is 0 Å². The Bertz CT molecular complexity index is 616. The fraction of sp³-hybridized carbons (Fsp3) is 0.0714. The van der Waals surface area contributed by atoms with Crippen molar-refractivity contribution in [2.45, 2.75) is 6.54 Å². The van der Waals surface area contributed by atoms with Crippen molar-refractivity contribution in [2.75, 3.05) is 5.73 Å². The predicted octanol–water partition coefficient (Wildman–Crippen LogP) is 3.10. The number of nitrogens with one attached hydrogen (secondary N) is 1. The van der Waals surface area contributed by atoms with Crippen LogP contribution in [0.25, 0.3) is 0 Å². The van der Waals surface area contributed by atoms with Crippen LogP contribution in [0.2, 0.25) is 0 Å². The van der Waals surface area contributed by atoms with Crippen LogP contribution < -0.4 is 11.1 Å². The molecule has 0 saturated carbocycles. The maximum Gasteiger partial charge on any atom is 0.251 e. The van der Waals surface area contributed by atoms with E-state index in [2.05, 4.69) is 21.2 Å². The molecule has 0 saturated heterocycles. The zero-order valence-corrected chi connectivity index (χ0v) is 11.6. The molecule has 0 aliphatic rings. The summed E-state index contributed by atoms with van der Waals surface area (Å²) in [7, 11) is 0. The van der Waals surface area contributed by atoms with Crippen LogP contribution in [0.1, 0.15) is 15.9 Å². The van der Waals surface area contributed by atoms with Crippen LogP contribution in [0.5, 0.6) is 0 Å². The first-order valence-corrected chi connectivity index (χ1v) is 6.44. The molecule has 2 rings (SSSR count). The molecule has 0 aliphatic heterocycles. The van der Waals surface area contributed by atoms with E-state index in [1.54, 1.807) is 0 Å². The highest BCUT2D eigenvalue weighted by molar-refractivity contribution is 9.10. The van der Waals surface area contributed by atoms with Crippen LogP contribution in [0.15, 0.2) is 46.9 Å². The van der Waals surface area contributed by atoms with Crippen LogP contribution in [-0.2, 0) is 6.54 Å². The average Bonchev–Trinajstić information content (AvgIpc) is 2.40. The van der Waals surface area contributed by atoms with Gasteiger partial charge in [-0.2, -0.15) is 0 Å². The maximum atomic E-state index is 13.0. The van der Waals surface area contributed by atoms with E-state index in [4.69, 9.17) is 5.73 Å². The van der Waals surface area contributed by atoms with Gasteiger partial charge in [-0.25, -0.2) is 4.39 Å². The third kappa shape index (κ3) is 3.32. The Balaban J connectivity index is 2.05. The second kappa shape index (κ2) is 5.84. The van der Waals surface area contributed by atoms with Crippen molar-refractivity contribution in [3.8, 4) is 0 Å². The molecular weight excluding hydrogens is 311 g/mol. The second-order valence-corrected chi connectivity index (χ2v) is 4.86. The first-order valence-electron chi connectivity index (χ1n) is 5.64. The zero-order valence-electron chi connectivity index (χ0n) is 9.99. The summed E-state index contributed by atoms with van der Waals surface area (Å²) < 4.78 is 13.9. The lowest BCUT2D eigenvalue weighted by atomic mass is 10.1. The van der Waals surface area contributed by atoms with Crippen LogP contribution in [0, 0.1) is 5.82 Å². The Morgan fingerprint density at radius 2 is 2.00 bits per heavy atom. The summed E-state index contributed by atoms with van der Waals surface area (Å²) in [5.41, 5.74) is 6.70. The van der Waals surface area contributed by atoms with Crippen molar-refractivity contribution in [3.63, 3.8) is 0 Å². The number of rotatable bonds is 3. The van der Waals surface area contributed by atoms with E-state index in [0.29, 0.717) is 12.1 Å². The lowest BCUT2D eigenvalue weighted by Crippen LogP contribution is -2.23. The summed E-state index contributed by atoms with van der Waals surface area (Å²) in [5.74, 6) is -0.815. The largest absolute Gasteiger partial charge is 0.396 e. The SMILES string of the molecule is Nc1cc(C(=O)NCc2ccccc2Br)ccc1F. The summed E-state index contributed by atoms with van der Waals surface area (Å²) in [6.07, 6.45) is 0. The van der Waals surface area contributed by atoms with E-state index in [9.17, 15) is 9.18 Å². The molecule has 3 nitrogen and oxygen atoms in total. The molecule has 2 aromatic rings. The molecule has 0 fully saturated rings. The van der Waals surface area contributed by atoms with Gasteiger partial charge in [-0.05, 0) is 29.8 Å². The number of nitrogen functional groups attached to an aromatic ring is 1.